The summed E-state index contributed by atoms with van der Waals surface area (Å²) in [5.41, 5.74) is 8.03. The Bertz CT molecular complexity index is 358. The Morgan fingerprint density at radius 3 is 2.65 bits per heavy atom. The lowest BCUT2D eigenvalue weighted by atomic mass is 10.1. The summed E-state index contributed by atoms with van der Waals surface area (Å²) < 4.78 is 25.0. The number of hydrogen-bond donors (Lipinski definition) is 2. The van der Waals surface area contributed by atoms with Crippen molar-refractivity contribution in [2.75, 3.05) is 24.6 Å². The highest BCUT2D eigenvalue weighted by atomic mass is 19.3. The lowest BCUT2D eigenvalue weighted by molar-refractivity contribution is 0.152. The van der Waals surface area contributed by atoms with Gasteiger partial charge in [0.05, 0.1) is 13.2 Å². The molecule has 0 amide bonds. The van der Waals surface area contributed by atoms with E-state index in [1.165, 1.54) is 4.90 Å². The fourth-order valence-electron chi connectivity index (χ4n) is 1.92. The predicted octanol–water partition coefficient (Wildman–Crippen LogP) is 1.52. The van der Waals surface area contributed by atoms with Crippen molar-refractivity contribution < 1.29 is 13.9 Å². The van der Waals surface area contributed by atoms with Crippen molar-refractivity contribution in [3.05, 3.63) is 29.3 Å². The van der Waals surface area contributed by atoms with E-state index >= 15 is 0 Å². The molecule has 0 aliphatic carbocycles. The fraction of sp³-hybridized carbons (Fsp3) is 0.500. The molecule has 0 unspecified atom stereocenters. The molecule has 0 radical (unpaired) electrons. The molecule has 0 saturated heterocycles. The van der Waals surface area contributed by atoms with Crippen LogP contribution in [0.5, 0.6) is 0 Å². The summed E-state index contributed by atoms with van der Waals surface area (Å²) in [5, 5.41) is 8.95. The van der Waals surface area contributed by atoms with Crippen LogP contribution in [0.15, 0.2) is 18.2 Å². The second-order valence-corrected chi connectivity index (χ2v) is 3.85. The zero-order chi connectivity index (χ0) is 12.8. The fourth-order valence-corrected chi connectivity index (χ4v) is 1.92. The molecule has 3 nitrogen and oxygen atoms in total. The molecular weight excluding hydrogens is 226 g/mol. The smallest absolute Gasteiger partial charge is 0.255 e. The lowest BCUT2D eigenvalue weighted by Crippen LogP contribution is -2.33. The van der Waals surface area contributed by atoms with E-state index in [0.29, 0.717) is 12.2 Å². The highest BCUT2D eigenvalue weighted by molar-refractivity contribution is 5.59. The number of nitrogens with two attached hydrogens (primary N) is 1. The highest BCUT2D eigenvalue weighted by Gasteiger charge is 2.16. The summed E-state index contributed by atoms with van der Waals surface area (Å²) in [6.07, 6.45) is -2.44. The summed E-state index contributed by atoms with van der Waals surface area (Å²) in [5.74, 6) is 0. The van der Waals surface area contributed by atoms with Crippen molar-refractivity contribution in [3.8, 4) is 0 Å². The van der Waals surface area contributed by atoms with E-state index in [-0.39, 0.29) is 13.2 Å². The third-order valence-electron chi connectivity index (χ3n) is 2.59. The summed E-state index contributed by atoms with van der Waals surface area (Å²) in [6, 6.07) is 5.52. The molecule has 0 aromatic heterocycles. The van der Waals surface area contributed by atoms with Crippen LogP contribution in [-0.4, -0.2) is 31.2 Å². The average Bonchev–Trinajstić information content (AvgIpc) is 2.27. The van der Waals surface area contributed by atoms with Crippen LogP contribution in [0.4, 0.5) is 14.5 Å². The molecule has 0 atom stereocenters. The number of rotatable bonds is 6. The number of aliphatic hydroxyl groups excluding tert-OH is 1. The zero-order valence-corrected chi connectivity index (χ0v) is 9.87. The van der Waals surface area contributed by atoms with E-state index in [1.54, 1.807) is 0 Å². The van der Waals surface area contributed by atoms with Gasteiger partial charge in [-0.05, 0) is 18.1 Å². The lowest BCUT2D eigenvalue weighted by Gasteiger charge is -2.27. The molecular formula is C12H18F2N2O. The summed E-state index contributed by atoms with van der Waals surface area (Å²) in [7, 11) is 0. The molecule has 0 saturated carbocycles. The Morgan fingerprint density at radius 2 is 2.12 bits per heavy atom. The second kappa shape index (κ2) is 6.51. The van der Waals surface area contributed by atoms with Crippen LogP contribution >= 0.6 is 0 Å². The van der Waals surface area contributed by atoms with Crippen LogP contribution in [0, 0.1) is 6.92 Å². The molecule has 0 bridgehead atoms. The zero-order valence-electron chi connectivity index (χ0n) is 9.87. The Labute approximate surface area is 99.8 Å². The van der Waals surface area contributed by atoms with Gasteiger partial charge in [0.1, 0.15) is 0 Å². The minimum absolute atomic E-state index is 0.162. The molecule has 17 heavy (non-hydrogen) atoms. The van der Waals surface area contributed by atoms with E-state index < -0.39 is 13.0 Å². The van der Waals surface area contributed by atoms with Crippen LogP contribution in [0.1, 0.15) is 11.1 Å². The largest absolute Gasteiger partial charge is 0.395 e. The van der Waals surface area contributed by atoms with E-state index in [0.717, 1.165) is 11.1 Å². The third-order valence-corrected chi connectivity index (χ3v) is 2.59. The van der Waals surface area contributed by atoms with Crippen molar-refractivity contribution >= 4 is 5.69 Å². The SMILES string of the molecule is Cc1cccc(CN)c1N(CCO)CC(F)F. The van der Waals surface area contributed by atoms with Gasteiger partial charge in [-0.1, -0.05) is 18.2 Å². The van der Waals surface area contributed by atoms with E-state index in [9.17, 15) is 8.78 Å². The van der Waals surface area contributed by atoms with Gasteiger partial charge in [0, 0.05) is 18.8 Å². The summed E-state index contributed by atoms with van der Waals surface area (Å²) in [6.45, 7) is 1.78. The van der Waals surface area contributed by atoms with Gasteiger partial charge in [-0.3, -0.25) is 0 Å². The number of halogens is 2. The first-order valence-corrected chi connectivity index (χ1v) is 5.52. The minimum Gasteiger partial charge on any atom is -0.395 e. The first kappa shape index (κ1) is 13.9. The number of hydrogen-bond acceptors (Lipinski definition) is 3. The molecule has 0 heterocycles. The number of aliphatic hydroxyl groups is 1. The van der Waals surface area contributed by atoms with Crippen molar-refractivity contribution in [2.24, 2.45) is 5.73 Å². The maximum absolute atomic E-state index is 12.5. The van der Waals surface area contributed by atoms with Crippen molar-refractivity contribution in [2.45, 2.75) is 19.9 Å². The highest BCUT2D eigenvalue weighted by Crippen LogP contribution is 2.25. The van der Waals surface area contributed by atoms with Crippen LogP contribution in [-0.2, 0) is 6.54 Å². The first-order chi connectivity index (χ1) is 8.10. The van der Waals surface area contributed by atoms with Gasteiger partial charge >= 0.3 is 0 Å². The Kier molecular flexibility index (Phi) is 5.31. The van der Waals surface area contributed by atoms with Crippen LogP contribution in [0.3, 0.4) is 0 Å². The molecule has 0 fully saturated rings. The first-order valence-electron chi connectivity index (χ1n) is 5.52. The van der Waals surface area contributed by atoms with Gasteiger partial charge in [-0.15, -0.1) is 0 Å². The van der Waals surface area contributed by atoms with Gasteiger partial charge in [0.25, 0.3) is 6.43 Å². The van der Waals surface area contributed by atoms with Gasteiger partial charge in [0.15, 0.2) is 0 Å². The predicted molar refractivity (Wildman–Crippen MR) is 64.4 cm³/mol. The summed E-state index contributed by atoms with van der Waals surface area (Å²) >= 11 is 0. The van der Waals surface area contributed by atoms with Crippen molar-refractivity contribution in [1.29, 1.82) is 0 Å². The topological polar surface area (TPSA) is 49.5 Å². The Balaban J connectivity index is 3.07. The van der Waals surface area contributed by atoms with Crippen LogP contribution < -0.4 is 10.6 Å². The molecule has 3 N–H and O–H groups in total. The molecule has 1 aromatic rings. The number of benzene rings is 1. The number of alkyl halides is 2. The quantitative estimate of drug-likeness (QED) is 0.797. The Morgan fingerprint density at radius 1 is 1.41 bits per heavy atom. The van der Waals surface area contributed by atoms with Crippen LogP contribution in [0.25, 0.3) is 0 Å². The van der Waals surface area contributed by atoms with Crippen molar-refractivity contribution in [3.63, 3.8) is 0 Å². The van der Waals surface area contributed by atoms with E-state index in [1.807, 2.05) is 25.1 Å². The third kappa shape index (κ3) is 3.64. The molecule has 96 valence electrons. The van der Waals surface area contributed by atoms with Gasteiger partial charge < -0.3 is 15.7 Å². The van der Waals surface area contributed by atoms with E-state index in [4.69, 9.17) is 10.8 Å². The second-order valence-electron chi connectivity index (χ2n) is 3.85. The van der Waals surface area contributed by atoms with Gasteiger partial charge in [0.2, 0.25) is 0 Å². The average molecular weight is 244 g/mol. The molecule has 0 aliphatic heterocycles. The molecule has 0 aliphatic rings. The number of para-hydroxylation sites is 1. The molecule has 1 aromatic carbocycles. The number of aryl methyl sites for hydroxylation is 1. The molecule has 0 spiro atoms. The molecule has 1 rings (SSSR count). The standard InChI is InChI=1S/C12H18F2N2O/c1-9-3-2-4-10(7-15)12(9)16(5-6-17)8-11(13)14/h2-4,11,17H,5-8,15H2,1H3. The number of nitrogens with zero attached hydrogens (tertiary/aromatic N) is 1. The Hall–Kier alpha value is -1.20. The normalized spacial score (nSPS) is 10.9. The van der Waals surface area contributed by atoms with Gasteiger partial charge in [-0.2, -0.15) is 0 Å². The monoisotopic (exact) mass is 244 g/mol. The van der Waals surface area contributed by atoms with E-state index in [2.05, 4.69) is 0 Å². The maximum Gasteiger partial charge on any atom is 0.255 e. The maximum atomic E-state index is 12.5. The van der Waals surface area contributed by atoms with Gasteiger partial charge in [-0.25, -0.2) is 8.78 Å². The minimum atomic E-state index is -2.44. The molecule has 5 heteroatoms. The number of anilines is 1. The van der Waals surface area contributed by atoms with Crippen LogP contribution in [0.2, 0.25) is 0 Å². The van der Waals surface area contributed by atoms with Crippen molar-refractivity contribution in [1.82, 2.24) is 0 Å². The summed E-state index contributed by atoms with van der Waals surface area (Å²) in [4.78, 5) is 1.49.